The standard InChI is InChI=1S/C13H17N5O2/c1-8(2)11(7-12(19)20)18-13(15-16-17-18)10-4-5-14-9(3)6-10/h4-6,8,11H,7H2,1-3H3,(H,19,20). The van der Waals surface area contributed by atoms with Crippen LogP contribution in [-0.4, -0.2) is 36.3 Å². The van der Waals surface area contributed by atoms with Crippen LogP contribution in [0.5, 0.6) is 0 Å². The molecule has 7 heteroatoms. The van der Waals surface area contributed by atoms with Gasteiger partial charge < -0.3 is 5.11 Å². The van der Waals surface area contributed by atoms with E-state index in [0.717, 1.165) is 11.3 Å². The quantitative estimate of drug-likeness (QED) is 0.892. The number of hydrogen-bond donors (Lipinski definition) is 1. The molecule has 20 heavy (non-hydrogen) atoms. The first-order chi connectivity index (χ1) is 9.49. The smallest absolute Gasteiger partial charge is 0.305 e. The highest BCUT2D eigenvalue weighted by molar-refractivity contribution is 5.67. The largest absolute Gasteiger partial charge is 0.481 e. The van der Waals surface area contributed by atoms with Gasteiger partial charge in [-0.15, -0.1) is 5.10 Å². The number of rotatable bonds is 5. The lowest BCUT2D eigenvalue weighted by Crippen LogP contribution is -2.21. The summed E-state index contributed by atoms with van der Waals surface area (Å²) in [5.41, 5.74) is 1.69. The molecule has 0 aliphatic heterocycles. The summed E-state index contributed by atoms with van der Waals surface area (Å²) in [4.78, 5) is 15.2. The molecule has 0 amide bonds. The van der Waals surface area contributed by atoms with E-state index in [1.165, 1.54) is 0 Å². The molecule has 2 aromatic rings. The fourth-order valence-electron chi connectivity index (χ4n) is 2.08. The van der Waals surface area contributed by atoms with Gasteiger partial charge in [0.25, 0.3) is 0 Å². The lowest BCUT2D eigenvalue weighted by Gasteiger charge is -2.20. The number of carbonyl (C=O) groups is 1. The highest BCUT2D eigenvalue weighted by Crippen LogP contribution is 2.26. The van der Waals surface area contributed by atoms with E-state index in [-0.39, 0.29) is 18.4 Å². The van der Waals surface area contributed by atoms with Crippen LogP contribution in [0.2, 0.25) is 0 Å². The van der Waals surface area contributed by atoms with Gasteiger partial charge in [-0.05, 0) is 35.4 Å². The maximum absolute atomic E-state index is 11.0. The minimum Gasteiger partial charge on any atom is -0.481 e. The molecular formula is C13H17N5O2. The second kappa shape index (κ2) is 5.77. The Balaban J connectivity index is 2.43. The van der Waals surface area contributed by atoms with Crippen LogP contribution in [-0.2, 0) is 4.79 Å². The first-order valence-electron chi connectivity index (χ1n) is 6.41. The lowest BCUT2D eigenvalue weighted by molar-refractivity contribution is -0.138. The molecule has 1 N–H and O–H groups in total. The first kappa shape index (κ1) is 14.1. The maximum Gasteiger partial charge on any atom is 0.305 e. The predicted octanol–water partition coefficient (Wildman–Crippen LogP) is 1.72. The molecule has 1 atom stereocenters. The Morgan fingerprint density at radius 1 is 1.45 bits per heavy atom. The number of tetrazole rings is 1. The Kier molecular flexibility index (Phi) is 4.07. The molecule has 106 valence electrons. The van der Waals surface area contributed by atoms with Gasteiger partial charge in [0.1, 0.15) is 0 Å². The van der Waals surface area contributed by atoms with Crippen molar-refractivity contribution in [1.29, 1.82) is 0 Å². The maximum atomic E-state index is 11.0. The fraction of sp³-hybridized carbons (Fsp3) is 0.462. The molecule has 0 saturated heterocycles. The SMILES string of the molecule is Cc1cc(-c2nnnn2C(CC(=O)O)C(C)C)ccn1. The van der Waals surface area contributed by atoms with Crippen molar-refractivity contribution in [2.24, 2.45) is 5.92 Å². The van der Waals surface area contributed by atoms with Crippen molar-refractivity contribution >= 4 is 5.97 Å². The van der Waals surface area contributed by atoms with E-state index in [1.807, 2.05) is 32.9 Å². The van der Waals surface area contributed by atoms with E-state index >= 15 is 0 Å². The Hall–Kier alpha value is -2.31. The van der Waals surface area contributed by atoms with E-state index < -0.39 is 5.97 Å². The Morgan fingerprint density at radius 3 is 2.80 bits per heavy atom. The third-order valence-electron chi connectivity index (χ3n) is 3.12. The van der Waals surface area contributed by atoms with Crippen molar-refractivity contribution in [2.45, 2.75) is 33.2 Å². The van der Waals surface area contributed by atoms with Gasteiger partial charge in [-0.1, -0.05) is 13.8 Å². The summed E-state index contributed by atoms with van der Waals surface area (Å²) >= 11 is 0. The van der Waals surface area contributed by atoms with Gasteiger partial charge in [0, 0.05) is 17.5 Å². The molecule has 0 spiro atoms. The van der Waals surface area contributed by atoms with E-state index in [0.29, 0.717) is 5.82 Å². The molecule has 0 aromatic carbocycles. The summed E-state index contributed by atoms with van der Waals surface area (Å²) in [7, 11) is 0. The van der Waals surface area contributed by atoms with E-state index in [4.69, 9.17) is 5.11 Å². The predicted molar refractivity (Wildman–Crippen MR) is 71.9 cm³/mol. The van der Waals surface area contributed by atoms with Crippen molar-refractivity contribution in [3.63, 3.8) is 0 Å². The summed E-state index contributed by atoms with van der Waals surface area (Å²) in [6.07, 6.45) is 1.67. The van der Waals surface area contributed by atoms with Crippen LogP contribution in [0.15, 0.2) is 18.3 Å². The van der Waals surface area contributed by atoms with Crippen LogP contribution in [0.4, 0.5) is 0 Å². The third-order valence-corrected chi connectivity index (χ3v) is 3.12. The summed E-state index contributed by atoms with van der Waals surface area (Å²) in [5, 5.41) is 20.7. The molecule has 0 bridgehead atoms. The summed E-state index contributed by atoms with van der Waals surface area (Å²) in [6.45, 7) is 5.79. The highest BCUT2D eigenvalue weighted by atomic mass is 16.4. The van der Waals surface area contributed by atoms with Crippen LogP contribution in [0.1, 0.15) is 32.0 Å². The van der Waals surface area contributed by atoms with Gasteiger partial charge in [-0.3, -0.25) is 9.78 Å². The van der Waals surface area contributed by atoms with Gasteiger partial charge in [-0.25, -0.2) is 4.68 Å². The number of hydrogen-bond acceptors (Lipinski definition) is 5. The summed E-state index contributed by atoms with van der Waals surface area (Å²) in [6, 6.07) is 3.40. The van der Waals surface area contributed by atoms with Crippen molar-refractivity contribution in [1.82, 2.24) is 25.2 Å². The summed E-state index contributed by atoms with van der Waals surface area (Å²) in [5.74, 6) is -0.192. The van der Waals surface area contributed by atoms with Crippen LogP contribution in [0.25, 0.3) is 11.4 Å². The van der Waals surface area contributed by atoms with E-state index in [9.17, 15) is 4.79 Å². The molecule has 0 aliphatic rings. The number of aliphatic carboxylic acids is 1. The second-order valence-electron chi connectivity index (χ2n) is 5.04. The molecule has 1 unspecified atom stereocenters. The monoisotopic (exact) mass is 275 g/mol. The lowest BCUT2D eigenvalue weighted by atomic mass is 10.0. The van der Waals surface area contributed by atoms with Gasteiger partial charge >= 0.3 is 5.97 Å². The molecular weight excluding hydrogens is 258 g/mol. The first-order valence-corrected chi connectivity index (χ1v) is 6.41. The minimum absolute atomic E-state index is 0.0141. The molecule has 7 nitrogen and oxygen atoms in total. The molecule has 0 saturated carbocycles. The van der Waals surface area contributed by atoms with Gasteiger partial charge in [0.05, 0.1) is 12.5 Å². The normalized spacial score (nSPS) is 12.6. The zero-order valence-electron chi connectivity index (χ0n) is 11.7. The second-order valence-corrected chi connectivity index (χ2v) is 5.04. The molecule has 0 fully saturated rings. The number of carboxylic acid groups (broad SMARTS) is 1. The van der Waals surface area contributed by atoms with Crippen LogP contribution >= 0.6 is 0 Å². The number of carboxylic acids is 1. The third kappa shape index (κ3) is 2.98. The van der Waals surface area contributed by atoms with Crippen LogP contribution in [0, 0.1) is 12.8 Å². The fourth-order valence-corrected chi connectivity index (χ4v) is 2.08. The average molecular weight is 275 g/mol. The number of aromatic nitrogens is 5. The minimum atomic E-state index is -0.865. The molecule has 0 aliphatic carbocycles. The highest BCUT2D eigenvalue weighted by Gasteiger charge is 2.24. The average Bonchev–Trinajstić information content (AvgIpc) is 2.84. The van der Waals surface area contributed by atoms with Crippen molar-refractivity contribution in [2.75, 3.05) is 0 Å². The van der Waals surface area contributed by atoms with E-state index in [2.05, 4.69) is 20.5 Å². The molecule has 2 aromatic heterocycles. The Morgan fingerprint density at radius 2 is 2.20 bits per heavy atom. The van der Waals surface area contributed by atoms with Crippen LogP contribution < -0.4 is 0 Å². The number of nitrogens with zero attached hydrogens (tertiary/aromatic N) is 5. The molecule has 2 rings (SSSR count). The zero-order valence-corrected chi connectivity index (χ0v) is 11.7. The van der Waals surface area contributed by atoms with Crippen molar-refractivity contribution in [3.8, 4) is 11.4 Å². The zero-order chi connectivity index (χ0) is 14.7. The van der Waals surface area contributed by atoms with Gasteiger partial charge in [-0.2, -0.15) is 0 Å². The molecule has 0 radical (unpaired) electrons. The van der Waals surface area contributed by atoms with Crippen molar-refractivity contribution in [3.05, 3.63) is 24.0 Å². The number of aryl methyl sites for hydroxylation is 1. The topological polar surface area (TPSA) is 93.8 Å². The van der Waals surface area contributed by atoms with E-state index in [1.54, 1.807) is 10.9 Å². The Bertz CT molecular complexity index is 608. The van der Waals surface area contributed by atoms with Gasteiger partial charge in [0.15, 0.2) is 5.82 Å². The summed E-state index contributed by atoms with van der Waals surface area (Å²) < 4.78 is 1.59. The Labute approximate surface area is 116 Å². The molecule has 2 heterocycles. The number of pyridine rings is 1. The van der Waals surface area contributed by atoms with Gasteiger partial charge in [0.2, 0.25) is 0 Å². The van der Waals surface area contributed by atoms with Crippen molar-refractivity contribution < 1.29 is 9.90 Å². The van der Waals surface area contributed by atoms with Crippen LogP contribution in [0.3, 0.4) is 0 Å².